The Labute approximate surface area is 170 Å². The highest BCUT2D eigenvalue weighted by Crippen LogP contribution is 2.28. The molecule has 1 amide bonds. The number of thioether (sulfide) groups is 1. The molecule has 0 aliphatic rings. The van der Waals surface area contributed by atoms with E-state index in [0.717, 1.165) is 11.1 Å². The topological polar surface area (TPSA) is 29.1 Å². The van der Waals surface area contributed by atoms with Gasteiger partial charge >= 0.3 is 0 Å². The van der Waals surface area contributed by atoms with Gasteiger partial charge in [0.05, 0.1) is 11.8 Å². The Balaban J connectivity index is 1.85. The van der Waals surface area contributed by atoms with Gasteiger partial charge in [-0.25, -0.2) is 0 Å². The van der Waals surface area contributed by atoms with Crippen molar-refractivity contribution in [3.63, 3.8) is 0 Å². The van der Waals surface area contributed by atoms with Crippen LogP contribution in [0.15, 0.2) is 42.5 Å². The smallest absolute Gasteiger partial charge is 0.230 e. The number of hydrogen-bond donors (Lipinski definition) is 1. The van der Waals surface area contributed by atoms with E-state index in [0.29, 0.717) is 21.6 Å². The molecule has 0 heterocycles. The normalized spacial score (nSPS) is 12.7. The summed E-state index contributed by atoms with van der Waals surface area (Å²) in [6.07, 6.45) is 0. The molecule has 2 nitrogen and oxygen atoms in total. The van der Waals surface area contributed by atoms with Gasteiger partial charge in [0.1, 0.15) is 0 Å². The Morgan fingerprint density at radius 2 is 1.65 bits per heavy atom. The lowest BCUT2D eigenvalue weighted by molar-refractivity contribution is -0.119. The minimum absolute atomic E-state index is 0.00516. The highest BCUT2D eigenvalue weighted by atomic mass is 35.5. The summed E-state index contributed by atoms with van der Waals surface area (Å²) in [6.45, 7) is 8.57. The van der Waals surface area contributed by atoms with E-state index in [-0.39, 0.29) is 17.4 Å². The third kappa shape index (κ3) is 5.94. The fraction of sp³-hybridized carbons (Fsp3) is 0.381. The summed E-state index contributed by atoms with van der Waals surface area (Å²) in [5.41, 5.74) is 3.39. The molecule has 0 bridgehead atoms. The maximum atomic E-state index is 12.2. The summed E-state index contributed by atoms with van der Waals surface area (Å²) in [5.74, 6) is 0.984. The SMILES string of the molecule is CC(NC(=O)CSCc1c(Cl)cccc1Cl)c1ccc(C(C)(C)C)cc1. The first kappa shape index (κ1) is 21.1. The summed E-state index contributed by atoms with van der Waals surface area (Å²) in [7, 11) is 0. The second-order valence-corrected chi connectivity index (χ2v) is 9.15. The molecular weight excluding hydrogens is 385 g/mol. The number of benzene rings is 2. The molecule has 2 aromatic carbocycles. The first-order valence-electron chi connectivity index (χ1n) is 8.59. The van der Waals surface area contributed by atoms with Gasteiger partial charge in [-0.1, -0.05) is 74.3 Å². The van der Waals surface area contributed by atoms with Gasteiger partial charge in [0.2, 0.25) is 5.91 Å². The van der Waals surface area contributed by atoms with Gasteiger partial charge < -0.3 is 5.32 Å². The number of halogens is 2. The van der Waals surface area contributed by atoms with Crippen LogP contribution in [0.1, 0.15) is 50.4 Å². The lowest BCUT2D eigenvalue weighted by Crippen LogP contribution is -2.28. The van der Waals surface area contributed by atoms with E-state index in [2.05, 4.69) is 50.4 Å². The quantitative estimate of drug-likeness (QED) is 0.597. The van der Waals surface area contributed by atoms with Gasteiger partial charge in [-0.3, -0.25) is 4.79 Å². The highest BCUT2D eigenvalue weighted by molar-refractivity contribution is 7.99. The van der Waals surface area contributed by atoms with Crippen LogP contribution in [0.2, 0.25) is 10.0 Å². The zero-order valence-electron chi connectivity index (χ0n) is 15.6. The van der Waals surface area contributed by atoms with E-state index < -0.39 is 0 Å². The molecule has 0 aromatic heterocycles. The van der Waals surface area contributed by atoms with E-state index in [9.17, 15) is 4.79 Å². The molecule has 0 fully saturated rings. The molecule has 0 saturated carbocycles. The second-order valence-electron chi connectivity index (χ2n) is 7.35. The predicted molar refractivity (Wildman–Crippen MR) is 114 cm³/mol. The number of amides is 1. The molecule has 0 spiro atoms. The zero-order valence-corrected chi connectivity index (χ0v) is 17.9. The molecule has 0 aliphatic carbocycles. The predicted octanol–water partition coefficient (Wildman–Crippen LogP) is 6.40. The van der Waals surface area contributed by atoms with Gasteiger partial charge in [-0.05, 0) is 41.2 Å². The molecule has 140 valence electrons. The lowest BCUT2D eigenvalue weighted by Gasteiger charge is -2.20. The second kappa shape index (κ2) is 9.16. The van der Waals surface area contributed by atoms with Crippen molar-refractivity contribution < 1.29 is 4.79 Å². The largest absolute Gasteiger partial charge is 0.349 e. The number of carbonyl (C=O) groups is 1. The van der Waals surface area contributed by atoms with Crippen LogP contribution < -0.4 is 5.32 Å². The van der Waals surface area contributed by atoms with Crippen LogP contribution in [0, 0.1) is 0 Å². The molecule has 0 radical (unpaired) electrons. The summed E-state index contributed by atoms with van der Waals surface area (Å²) in [6, 6.07) is 13.8. The molecule has 1 unspecified atom stereocenters. The molecule has 2 aromatic rings. The van der Waals surface area contributed by atoms with Crippen LogP contribution in [0.3, 0.4) is 0 Å². The van der Waals surface area contributed by atoms with Crippen molar-refractivity contribution in [3.8, 4) is 0 Å². The Hall–Kier alpha value is -1.16. The molecule has 26 heavy (non-hydrogen) atoms. The third-order valence-electron chi connectivity index (χ3n) is 4.20. The van der Waals surface area contributed by atoms with Crippen molar-refractivity contribution in [2.45, 2.75) is 44.9 Å². The first-order valence-corrected chi connectivity index (χ1v) is 10.5. The molecular formula is C21H25Cl2NOS. The van der Waals surface area contributed by atoms with Gasteiger partial charge in [0.25, 0.3) is 0 Å². The van der Waals surface area contributed by atoms with Crippen LogP contribution in [0.5, 0.6) is 0 Å². The average Bonchev–Trinajstić information content (AvgIpc) is 2.57. The summed E-state index contributed by atoms with van der Waals surface area (Å²) < 4.78 is 0. The third-order valence-corrected chi connectivity index (χ3v) is 5.86. The van der Waals surface area contributed by atoms with Crippen molar-refractivity contribution in [1.29, 1.82) is 0 Å². The van der Waals surface area contributed by atoms with Crippen molar-refractivity contribution in [3.05, 3.63) is 69.2 Å². The van der Waals surface area contributed by atoms with E-state index in [1.54, 1.807) is 0 Å². The van der Waals surface area contributed by atoms with Gasteiger partial charge in [0, 0.05) is 15.8 Å². The Kier molecular flexibility index (Phi) is 7.45. The summed E-state index contributed by atoms with van der Waals surface area (Å²) >= 11 is 13.8. The Morgan fingerprint density at radius 1 is 1.08 bits per heavy atom. The van der Waals surface area contributed by atoms with E-state index in [4.69, 9.17) is 23.2 Å². The fourth-order valence-corrected chi connectivity index (χ4v) is 4.13. The van der Waals surface area contributed by atoms with Crippen molar-refractivity contribution in [2.24, 2.45) is 0 Å². The van der Waals surface area contributed by atoms with Crippen LogP contribution >= 0.6 is 35.0 Å². The highest BCUT2D eigenvalue weighted by Gasteiger charge is 2.15. The van der Waals surface area contributed by atoms with Gasteiger partial charge in [-0.15, -0.1) is 11.8 Å². The van der Waals surface area contributed by atoms with E-state index in [1.165, 1.54) is 17.3 Å². The summed E-state index contributed by atoms with van der Waals surface area (Å²) in [4.78, 5) is 12.2. The number of carbonyl (C=O) groups excluding carboxylic acids is 1. The van der Waals surface area contributed by atoms with E-state index >= 15 is 0 Å². The van der Waals surface area contributed by atoms with Crippen LogP contribution in [-0.4, -0.2) is 11.7 Å². The van der Waals surface area contributed by atoms with Crippen LogP contribution in [0.4, 0.5) is 0 Å². The number of rotatable bonds is 6. The van der Waals surface area contributed by atoms with Crippen molar-refractivity contribution >= 4 is 40.9 Å². The maximum absolute atomic E-state index is 12.2. The molecule has 1 N–H and O–H groups in total. The molecule has 1 atom stereocenters. The minimum Gasteiger partial charge on any atom is -0.349 e. The molecule has 0 saturated heterocycles. The fourth-order valence-electron chi connectivity index (χ4n) is 2.55. The average molecular weight is 410 g/mol. The van der Waals surface area contributed by atoms with Crippen LogP contribution in [0.25, 0.3) is 0 Å². The van der Waals surface area contributed by atoms with Gasteiger partial charge in [0.15, 0.2) is 0 Å². The van der Waals surface area contributed by atoms with Crippen LogP contribution in [-0.2, 0) is 16.0 Å². The minimum atomic E-state index is -0.0268. The maximum Gasteiger partial charge on any atom is 0.230 e. The number of hydrogen-bond acceptors (Lipinski definition) is 2. The van der Waals surface area contributed by atoms with Crippen molar-refractivity contribution in [1.82, 2.24) is 5.32 Å². The zero-order chi connectivity index (χ0) is 19.3. The van der Waals surface area contributed by atoms with E-state index in [1.807, 2.05) is 25.1 Å². The summed E-state index contributed by atoms with van der Waals surface area (Å²) in [5, 5.41) is 4.32. The monoisotopic (exact) mass is 409 g/mol. The Morgan fingerprint density at radius 3 is 2.19 bits per heavy atom. The van der Waals surface area contributed by atoms with Crippen molar-refractivity contribution in [2.75, 3.05) is 5.75 Å². The number of nitrogens with one attached hydrogen (secondary N) is 1. The first-order chi connectivity index (χ1) is 12.2. The molecule has 0 aliphatic heterocycles. The van der Waals surface area contributed by atoms with Gasteiger partial charge in [-0.2, -0.15) is 0 Å². The lowest BCUT2D eigenvalue weighted by atomic mass is 9.86. The standard InChI is InChI=1S/C21H25Cl2NOS/c1-14(15-8-10-16(11-9-15)21(2,3)4)24-20(25)13-26-12-17-18(22)6-5-7-19(17)23/h5-11,14H,12-13H2,1-4H3,(H,24,25). The molecule has 2 rings (SSSR count). The Bertz CT molecular complexity index is 733. The molecule has 5 heteroatoms.